The van der Waals surface area contributed by atoms with E-state index in [1.807, 2.05) is 0 Å². The van der Waals surface area contributed by atoms with Gasteiger partial charge < -0.3 is 28.4 Å². The summed E-state index contributed by atoms with van der Waals surface area (Å²) in [7, 11) is 0. The van der Waals surface area contributed by atoms with Crippen molar-refractivity contribution in [2.45, 2.75) is 72.1 Å². The highest BCUT2D eigenvalue weighted by Crippen LogP contribution is 2.07. The molecule has 0 heterocycles. The zero-order valence-corrected chi connectivity index (χ0v) is 20.4. The van der Waals surface area contributed by atoms with Gasteiger partial charge in [0.1, 0.15) is 6.61 Å². The van der Waals surface area contributed by atoms with Crippen molar-refractivity contribution >= 4 is 5.97 Å². The first kappa shape index (κ1) is 30.3. The van der Waals surface area contributed by atoms with Crippen molar-refractivity contribution in [2.75, 3.05) is 72.7 Å². The number of unbranched alkanes of at least 4 members (excludes halogenated alkanes) is 5. The molecule has 7 nitrogen and oxygen atoms in total. The molecule has 0 aromatic carbocycles. The fourth-order valence-corrected chi connectivity index (χ4v) is 2.62. The van der Waals surface area contributed by atoms with Crippen LogP contribution in [-0.4, -0.2) is 78.6 Å². The summed E-state index contributed by atoms with van der Waals surface area (Å²) in [5.41, 5.74) is 0. The third-order valence-electron chi connectivity index (χ3n) is 4.81. The van der Waals surface area contributed by atoms with E-state index in [1.165, 1.54) is 25.7 Å². The lowest BCUT2D eigenvalue weighted by molar-refractivity contribution is -0.145. The summed E-state index contributed by atoms with van der Waals surface area (Å²) in [6, 6.07) is 0. The van der Waals surface area contributed by atoms with Crippen molar-refractivity contribution in [1.29, 1.82) is 0 Å². The quantitative estimate of drug-likeness (QED) is 0.151. The number of hydrogen-bond donors (Lipinski definition) is 0. The zero-order chi connectivity index (χ0) is 22.8. The topological polar surface area (TPSA) is 72.5 Å². The fraction of sp³-hybridized carbons (Fsp3) is 0.958. The van der Waals surface area contributed by atoms with Crippen LogP contribution in [-0.2, 0) is 33.2 Å². The first-order valence-corrected chi connectivity index (χ1v) is 12.2. The summed E-state index contributed by atoms with van der Waals surface area (Å²) in [4.78, 5) is 11.6. The molecule has 186 valence electrons. The van der Waals surface area contributed by atoms with E-state index in [0.29, 0.717) is 78.4 Å². The van der Waals surface area contributed by atoms with E-state index >= 15 is 0 Å². The Kier molecular flexibility index (Phi) is 24.9. The Morgan fingerprint density at radius 1 is 0.613 bits per heavy atom. The van der Waals surface area contributed by atoms with Crippen molar-refractivity contribution in [3.8, 4) is 0 Å². The van der Waals surface area contributed by atoms with Gasteiger partial charge in [-0.05, 0) is 12.3 Å². The molecule has 0 bridgehead atoms. The summed E-state index contributed by atoms with van der Waals surface area (Å²) >= 11 is 0. The number of carbonyl (C=O) groups excluding carboxylic acids is 1. The molecule has 0 rings (SSSR count). The van der Waals surface area contributed by atoms with Crippen molar-refractivity contribution < 1.29 is 33.2 Å². The van der Waals surface area contributed by atoms with Gasteiger partial charge in [0.2, 0.25) is 0 Å². The largest absolute Gasteiger partial charge is 0.463 e. The van der Waals surface area contributed by atoms with Crippen LogP contribution in [0.2, 0.25) is 0 Å². The molecule has 0 aliphatic carbocycles. The minimum absolute atomic E-state index is 0.130. The molecular formula is C24H48O7. The first-order chi connectivity index (χ1) is 15.2. The van der Waals surface area contributed by atoms with Crippen molar-refractivity contribution in [1.82, 2.24) is 0 Å². The molecule has 1 atom stereocenters. The molecule has 1 unspecified atom stereocenters. The van der Waals surface area contributed by atoms with E-state index < -0.39 is 0 Å². The molecule has 0 fully saturated rings. The molecule has 0 N–H and O–H groups in total. The van der Waals surface area contributed by atoms with Crippen LogP contribution in [0.15, 0.2) is 0 Å². The summed E-state index contributed by atoms with van der Waals surface area (Å²) in [5, 5.41) is 0. The Morgan fingerprint density at radius 3 is 1.58 bits per heavy atom. The van der Waals surface area contributed by atoms with Crippen LogP contribution in [0, 0.1) is 5.92 Å². The minimum Gasteiger partial charge on any atom is -0.463 e. The van der Waals surface area contributed by atoms with E-state index in [2.05, 4.69) is 20.8 Å². The van der Waals surface area contributed by atoms with Crippen LogP contribution in [0.3, 0.4) is 0 Å². The lowest BCUT2D eigenvalue weighted by Crippen LogP contribution is -2.15. The van der Waals surface area contributed by atoms with Gasteiger partial charge in [-0.15, -0.1) is 0 Å². The van der Waals surface area contributed by atoms with Gasteiger partial charge in [0.05, 0.1) is 59.5 Å². The first-order valence-electron chi connectivity index (χ1n) is 12.2. The van der Waals surface area contributed by atoms with Crippen molar-refractivity contribution in [3.05, 3.63) is 0 Å². The molecule has 0 saturated carbocycles. The minimum atomic E-state index is -0.130. The predicted octanol–water partition coefficient (Wildman–Crippen LogP) is 4.41. The number of carbonyl (C=O) groups is 1. The zero-order valence-electron chi connectivity index (χ0n) is 20.4. The number of rotatable bonds is 25. The maximum absolute atomic E-state index is 11.6. The second-order valence-corrected chi connectivity index (χ2v) is 7.78. The Hall–Kier alpha value is -0.730. The maximum Gasteiger partial charge on any atom is 0.305 e. The molecule has 0 radical (unpaired) electrons. The standard InChI is InChI=1S/C24H48O7/c1-4-6-7-8-9-10-11-24(25)31-21-20-29-17-16-27-13-12-26-14-15-28-18-19-30-22-23(3)5-2/h23H,4-22H2,1-3H3. The van der Waals surface area contributed by atoms with E-state index in [9.17, 15) is 4.79 Å². The molecule has 0 aliphatic heterocycles. The van der Waals surface area contributed by atoms with Crippen LogP contribution in [0.4, 0.5) is 0 Å². The predicted molar refractivity (Wildman–Crippen MR) is 123 cm³/mol. The number of ether oxygens (including phenoxy) is 6. The number of esters is 1. The molecule has 0 aliphatic rings. The summed E-state index contributed by atoms with van der Waals surface area (Å²) < 4.78 is 32.4. The molecule has 0 aromatic rings. The van der Waals surface area contributed by atoms with Gasteiger partial charge >= 0.3 is 5.97 Å². The van der Waals surface area contributed by atoms with Gasteiger partial charge in [-0.3, -0.25) is 4.79 Å². The number of hydrogen-bond acceptors (Lipinski definition) is 7. The van der Waals surface area contributed by atoms with Crippen LogP contribution < -0.4 is 0 Å². The van der Waals surface area contributed by atoms with E-state index in [4.69, 9.17) is 28.4 Å². The van der Waals surface area contributed by atoms with Gasteiger partial charge in [-0.25, -0.2) is 0 Å². The van der Waals surface area contributed by atoms with Crippen LogP contribution in [0.25, 0.3) is 0 Å². The van der Waals surface area contributed by atoms with Crippen LogP contribution in [0.1, 0.15) is 72.1 Å². The molecular weight excluding hydrogens is 400 g/mol. The SMILES string of the molecule is CCCCCCCCC(=O)OCCOCCOCCOCCOCCOCC(C)CC. The maximum atomic E-state index is 11.6. The molecule has 0 aromatic heterocycles. The van der Waals surface area contributed by atoms with Crippen LogP contribution in [0.5, 0.6) is 0 Å². The lowest BCUT2D eigenvalue weighted by atomic mass is 10.1. The molecule has 0 saturated heterocycles. The monoisotopic (exact) mass is 448 g/mol. The van der Waals surface area contributed by atoms with Gasteiger partial charge in [0, 0.05) is 13.0 Å². The average molecular weight is 449 g/mol. The fourth-order valence-electron chi connectivity index (χ4n) is 2.62. The van der Waals surface area contributed by atoms with Gasteiger partial charge in [-0.2, -0.15) is 0 Å². The van der Waals surface area contributed by atoms with Crippen molar-refractivity contribution in [3.63, 3.8) is 0 Å². The van der Waals surface area contributed by atoms with Gasteiger partial charge in [0.15, 0.2) is 0 Å². The van der Waals surface area contributed by atoms with E-state index in [0.717, 1.165) is 25.9 Å². The van der Waals surface area contributed by atoms with E-state index in [1.54, 1.807) is 0 Å². The van der Waals surface area contributed by atoms with Gasteiger partial charge in [-0.1, -0.05) is 59.3 Å². The summed E-state index contributed by atoms with van der Waals surface area (Å²) in [6.45, 7) is 12.4. The Balaban J connectivity index is 3.12. The van der Waals surface area contributed by atoms with E-state index in [-0.39, 0.29) is 5.97 Å². The Bertz CT molecular complexity index is 366. The second kappa shape index (κ2) is 25.5. The van der Waals surface area contributed by atoms with Gasteiger partial charge in [0.25, 0.3) is 0 Å². The lowest BCUT2D eigenvalue weighted by Gasteiger charge is -2.10. The Labute approximate surface area is 190 Å². The highest BCUT2D eigenvalue weighted by Gasteiger charge is 2.02. The third kappa shape index (κ3) is 25.4. The smallest absolute Gasteiger partial charge is 0.305 e. The Morgan fingerprint density at radius 2 is 1.06 bits per heavy atom. The molecule has 7 heteroatoms. The van der Waals surface area contributed by atoms with Crippen LogP contribution >= 0.6 is 0 Å². The second-order valence-electron chi connectivity index (χ2n) is 7.78. The normalized spacial score (nSPS) is 12.2. The van der Waals surface area contributed by atoms with Crippen molar-refractivity contribution in [2.24, 2.45) is 5.92 Å². The summed E-state index contributed by atoms with van der Waals surface area (Å²) in [5.74, 6) is 0.473. The average Bonchev–Trinajstić information content (AvgIpc) is 2.77. The molecule has 31 heavy (non-hydrogen) atoms. The highest BCUT2D eigenvalue weighted by atomic mass is 16.6. The third-order valence-corrected chi connectivity index (χ3v) is 4.81. The summed E-state index contributed by atoms with van der Waals surface area (Å²) in [6.07, 6.45) is 8.65. The highest BCUT2D eigenvalue weighted by molar-refractivity contribution is 5.69. The molecule has 0 spiro atoms. The molecule has 0 amide bonds.